The van der Waals surface area contributed by atoms with Gasteiger partial charge in [-0.05, 0) is 31.0 Å². The fourth-order valence-corrected chi connectivity index (χ4v) is 2.83. The third kappa shape index (κ3) is 3.26. The quantitative estimate of drug-likeness (QED) is 0.927. The van der Waals surface area contributed by atoms with Gasteiger partial charge in [-0.15, -0.1) is 0 Å². The number of hydrogen-bond donors (Lipinski definition) is 1. The standard InChI is InChI=1S/C13H12Cl3N3O/c1-7(19-6-8(5-18-19)13(17)20)2-10-11(15)3-9(14)4-12(10)16/h3-7H,2H2,1H3,(H2,17,20)/t7-/m1/s1. The molecule has 2 rings (SSSR count). The van der Waals surface area contributed by atoms with Crippen LogP contribution in [-0.4, -0.2) is 15.7 Å². The van der Waals surface area contributed by atoms with E-state index >= 15 is 0 Å². The molecule has 1 atom stereocenters. The van der Waals surface area contributed by atoms with Crippen LogP contribution in [0.3, 0.4) is 0 Å². The van der Waals surface area contributed by atoms with Gasteiger partial charge < -0.3 is 5.73 Å². The smallest absolute Gasteiger partial charge is 0.251 e. The van der Waals surface area contributed by atoms with Crippen LogP contribution in [0.15, 0.2) is 24.5 Å². The van der Waals surface area contributed by atoms with Gasteiger partial charge in [0.2, 0.25) is 0 Å². The molecule has 106 valence electrons. The topological polar surface area (TPSA) is 60.9 Å². The summed E-state index contributed by atoms with van der Waals surface area (Å²) in [6.45, 7) is 1.94. The first-order valence-electron chi connectivity index (χ1n) is 5.86. The number of hydrogen-bond acceptors (Lipinski definition) is 2. The van der Waals surface area contributed by atoms with Crippen molar-refractivity contribution < 1.29 is 4.79 Å². The van der Waals surface area contributed by atoms with Crippen LogP contribution in [0, 0.1) is 0 Å². The molecular weight excluding hydrogens is 321 g/mol. The molecule has 0 spiro atoms. The lowest BCUT2D eigenvalue weighted by Gasteiger charge is -2.14. The van der Waals surface area contributed by atoms with E-state index in [1.54, 1.807) is 23.0 Å². The van der Waals surface area contributed by atoms with E-state index in [0.29, 0.717) is 27.1 Å². The molecule has 2 N–H and O–H groups in total. The summed E-state index contributed by atoms with van der Waals surface area (Å²) in [6.07, 6.45) is 3.60. The Bertz CT molecular complexity index is 631. The zero-order valence-corrected chi connectivity index (χ0v) is 12.9. The molecule has 1 heterocycles. The van der Waals surface area contributed by atoms with Crippen molar-refractivity contribution in [1.82, 2.24) is 9.78 Å². The van der Waals surface area contributed by atoms with Gasteiger partial charge in [-0.3, -0.25) is 9.48 Å². The fourth-order valence-electron chi connectivity index (χ4n) is 1.86. The second-order valence-electron chi connectivity index (χ2n) is 4.47. The number of nitrogens with two attached hydrogens (primary N) is 1. The van der Waals surface area contributed by atoms with Crippen molar-refractivity contribution in [3.05, 3.63) is 50.7 Å². The summed E-state index contributed by atoms with van der Waals surface area (Å²) < 4.78 is 1.65. The summed E-state index contributed by atoms with van der Waals surface area (Å²) in [6, 6.07) is 3.27. The molecule has 2 aromatic rings. The van der Waals surface area contributed by atoms with Crippen LogP contribution in [0.4, 0.5) is 0 Å². The largest absolute Gasteiger partial charge is 0.366 e. The zero-order chi connectivity index (χ0) is 14.9. The number of aromatic nitrogens is 2. The Morgan fingerprint density at radius 1 is 1.35 bits per heavy atom. The van der Waals surface area contributed by atoms with Crippen molar-refractivity contribution in [2.24, 2.45) is 5.73 Å². The Hall–Kier alpha value is -1.23. The van der Waals surface area contributed by atoms with Gasteiger partial charge in [0.05, 0.1) is 17.8 Å². The minimum absolute atomic E-state index is 0.0284. The Kier molecular flexibility index (Phi) is 4.58. The number of amides is 1. The summed E-state index contributed by atoms with van der Waals surface area (Å²) in [5.74, 6) is -0.508. The molecule has 0 saturated heterocycles. The van der Waals surface area contributed by atoms with E-state index in [4.69, 9.17) is 40.5 Å². The van der Waals surface area contributed by atoms with Gasteiger partial charge in [0.1, 0.15) is 0 Å². The lowest BCUT2D eigenvalue weighted by Crippen LogP contribution is -2.11. The van der Waals surface area contributed by atoms with Crippen LogP contribution >= 0.6 is 34.8 Å². The Morgan fingerprint density at radius 2 is 1.95 bits per heavy atom. The van der Waals surface area contributed by atoms with Crippen LogP contribution in [0.2, 0.25) is 15.1 Å². The lowest BCUT2D eigenvalue weighted by molar-refractivity contribution is 0.1000. The molecule has 0 saturated carbocycles. The summed E-state index contributed by atoms with van der Waals surface area (Å²) in [7, 11) is 0. The van der Waals surface area contributed by atoms with Gasteiger partial charge in [-0.2, -0.15) is 5.10 Å². The summed E-state index contributed by atoms with van der Waals surface area (Å²) >= 11 is 18.2. The number of nitrogens with zero attached hydrogens (tertiary/aromatic N) is 2. The number of carbonyl (C=O) groups is 1. The van der Waals surface area contributed by atoms with Gasteiger partial charge in [0, 0.05) is 21.3 Å². The third-order valence-electron chi connectivity index (χ3n) is 2.94. The second kappa shape index (κ2) is 6.04. The molecule has 0 aliphatic heterocycles. The molecule has 20 heavy (non-hydrogen) atoms. The number of halogens is 3. The first-order chi connectivity index (χ1) is 9.38. The maximum absolute atomic E-state index is 11.1. The highest BCUT2D eigenvalue weighted by atomic mass is 35.5. The maximum atomic E-state index is 11.1. The van der Waals surface area contributed by atoms with Crippen molar-refractivity contribution in [3.8, 4) is 0 Å². The predicted octanol–water partition coefficient (Wildman–Crippen LogP) is 3.75. The molecule has 1 aromatic carbocycles. The molecule has 0 unspecified atom stereocenters. The van der Waals surface area contributed by atoms with E-state index in [2.05, 4.69) is 5.10 Å². The van der Waals surface area contributed by atoms with Crippen molar-refractivity contribution in [2.45, 2.75) is 19.4 Å². The molecule has 7 heteroatoms. The van der Waals surface area contributed by atoms with E-state index < -0.39 is 5.91 Å². The van der Waals surface area contributed by atoms with Crippen LogP contribution in [0.5, 0.6) is 0 Å². The second-order valence-corrected chi connectivity index (χ2v) is 5.73. The van der Waals surface area contributed by atoms with E-state index in [9.17, 15) is 4.79 Å². The highest BCUT2D eigenvalue weighted by Gasteiger charge is 2.15. The lowest BCUT2D eigenvalue weighted by atomic mass is 10.1. The third-order valence-corrected chi connectivity index (χ3v) is 3.84. The van der Waals surface area contributed by atoms with Gasteiger partial charge in [0.15, 0.2) is 0 Å². The number of primary amides is 1. The predicted molar refractivity (Wildman–Crippen MR) is 80.6 cm³/mol. The first-order valence-corrected chi connectivity index (χ1v) is 6.99. The van der Waals surface area contributed by atoms with Crippen molar-refractivity contribution >= 4 is 40.7 Å². The van der Waals surface area contributed by atoms with Gasteiger partial charge in [0.25, 0.3) is 5.91 Å². The molecule has 0 aliphatic rings. The van der Waals surface area contributed by atoms with Crippen LogP contribution in [0.25, 0.3) is 0 Å². The summed E-state index contributed by atoms with van der Waals surface area (Å²) in [4.78, 5) is 11.1. The summed E-state index contributed by atoms with van der Waals surface area (Å²) in [5, 5.41) is 5.63. The average molecular weight is 333 g/mol. The fraction of sp³-hybridized carbons (Fsp3) is 0.231. The minimum Gasteiger partial charge on any atom is -0.366 e. The molecule has 0 radical (unpaired) electrons. The van der Waals surface area contributed by atoms with Crippen LogP contribution in [0.1, 0.15) is 28.9 Å². The highest BCUT2D eigenvalue weighted by Crippen LogP contribution is 2.31. The molecule has 4 nitrogen and oxygen atoms in total. The maximum Gasteiger partial charge on any atom is 0.251 e. The molecule has 1 amide bonds. The Balaban J connectivity index is 2.23. The molecule has 0 fully saturated rings. The summed E-state index contributed by atoms with van der Waals surface area (Å²) in [5.41, 5.74) is 6.35. The van der Waals surface area contributed by atoms with E-state index in [1.807, 2.05) is 6.92 Å². The van der Waals surface area contributed by atoms with E-state index in [-0.39, 0.29) is 6.04 Å². The van der Waals surface area contributed by atoms with Gasteiger partial charge in [-0.1, -0.05) is 34.8 Å². The molecule has 0 bridgehead atoms. The van der Waals surface area contributed by atoms with E-state index in [0.717, 1.165) is 5.56 Å². The first kappa shape index (κ1) is 15.2. The molecule has 1 aromatic heterocycles. The number of rotatable bonds is 4. The van der Waals surface area contributed by atoms with Crippen molar-refractivity contribution in [1.29, 1.82) is 0 Å². The Labute approximate surface area is 131 Å². The highest BCUT2D eigenvalue weighted by molar-refractivity contribution is 6.39. The van der Waals surface area contributed by atoms with E-state index in [1.165, 1.54) is 6.20 Å². The van der Waals surface area contributed by atoms with Gasteiger partial charge in [-0.25, -0.2) is 0 Å². The average Bonchev–Trinajstić information content (AvgIpc) is 2.83. The van der Waals surface area contributed by atoms with Crippen molar-refractivity contribution in [2.75, 3.05) is 0 Å². The Morgan fingerprint density at radius 3 is 2.45 bits per heavy atom. The number of carbonyl (C=O) groups excluding carboxylic acids is 1. The molecular formula is C13H12Cl3N3O. The van der Waals surface area contributed by atoms with Crippen LogP contribution in [-0.2, 0) is 6.42 Å². The number of benzene rings is 1. The zero-order valence-electron chi connectivity index (χ0n) is 10.6. The monoisotopic (exact) mass is 331 g/mol. The normalized spacial score (nSPS) is 12.4. The van der Waals surface area contributed by atoms with Crippen molar-refractivity contribution in [3.63, 3.8) is 0 Å². The minimum atomic E-state index is -0.508. The SMILES string of the molecule is C[C@H](Cc1c(Cl)cc(Cl)cc1Cl)n1cc(C(N)=O)cn1. The van der Waals surface area contributed by atoms with Gasteiger partial charge >= 0.3 is 0 Å². The van der Waals surface area contributed by atoms with Crippen LogP contribution < -0.4 is 5.73 Å². The molecule has 0 aliphatic carbocycles.